The first-order valence-electron chi connectivity index (χ1n) is 11.5. The summed E-state index contributed by atoms with van der Waals surface area (Å²) >= 11 is 1.34. The Kier molecular flexibility index (Phi) is 9.90. The third-order valence-corrected chi connectivity index (χ3v) is 7.16. The molecule has 34 heavy (non-hydrogen) atoms. The highest BCUT2D eigenvalue weighted by Crippen LogP contribution is 2.32. The Hall–Kier alpha value is -2.17. The number of nitrogens with one attached hydrogen (secondary N) is 1. The molecule has 3 N–H and O–H groups in total. The van der Waals surface area contributed by atoms with Gasteiger partial charge in [-0.1, -0.05) is 57.3 Å². The van der Waals surface area contributed by atoms with Crippen molar-refractivity contribution in [2.24, 2.45) is 5.92 Å². The highest BCUT2D eigenvalue weighted by molar-refractivity contribution is 8.10. The summed E-state index contributed by atoms with van der Waals surface area (Å²) in [7, 11) is 2.77. The minimum absolute atomic E-state index is 0.369. The standard InChI is InChI=1S/C27H38FN4PS/c1-9-10-21(16(2)3)30-14-20-11-12-23(33)25(18(20)5)26-31-22(13-24(29)32-26)19(6)34-15-17(4)27(7,8)28/h10-13,15-16,30H,6,9,14,33H2,1-5,7-8H3,(H2,29,31,32)/b17-15+,21-10-. The van der Waals surface area contributed by atoms with E-state index in [1.807, 2.05) is 0 Å². The van der Waals surface area contributed by atoms with E-state index >= 15 is 0 Å². The summed E-state index contributed by atoms with van der Waals surface area (Å²) in [6.07, 6.45) is 3.23. The lowest BCUT2D eigenvalue weighted by molar-refractivity contribution is 0.269. The molecule has 1 heterocycles. The zero-order valence-electron chi connectivity index (χ0n) is 21.4. The first kappa shape index (κ1) is 28.1. The molecule has 0 fully saturated rings. The molecule has 0 radical (unpaired) electrons. The van der Waals surface area contributed by atoms with Gasteiger partial charge in [-0.05, 0) is 67.4 Å². The van der Waals surface area contributed by atoms with Gasteiger partial charge in [0.05, 0.1) is 5.69 Å². The molecular weight excluding hydrogens is 462 g/mol. The predicted molar refractivity (Wildman–Crippen MR) is 152 cm³/mol. The average Bonchev–Trinajstić information content (AvgIpc) is 2.74. The molecule has 0 saturated carbocycles. The van der Waals surface area contributed by atoms with Gasteiger partial charge in [0.1, 0.15) is 11.5 Å². The fourth-order valence-corrected chi connectivity index (χ4v) is 4.54. The molecule has 0 aliphatic rings. The summed E-state index contributed by atoms with van der Waals surface area (Å²) in [4.78, 5) is 10.00. The third kappa shape index (κ3) is 7.41. The monoisotopic (exact) mass is 500 g/mol. The number of allylic oxidation sites excluding steroid dienone is 3. The number of benzene rings is 1. The average molecular weight is 501 g/mol. The SMILES string of the molecule is C=C(S/C=C(\C)C(C)(C)F)c1cc(N)nc(-c2c(P)ccc(CN/C(=C\CC)C(C)C)c2C)n1. The van der Waals surface area contributed by atoms with Gasteiger partial charge >= 0.3 is 0 Å². The number of nitrogens with zero attached hydrogens (tertiary/aromatic N) is 2. The van der Waals surface area contributed by atoms with E-state index < -0.39 is 5.67 Å². The van der Waals surface area contributed by atoms with Gasteiger partial charge in [0.2, 0.25) is 0 Å². The second-order valence-corrected chi connectivity index (χ2v) is 10.8. The lowest BCUT2D eigenvalue weighted by atomic mass is 10.0. The quantitative estimate of drug-likeness (QED) is 0.346. The summed E-state index contributed by atoms with van der Waals surface area (Å²) in [6, 6.07) is 5.90. The second-order valence-electron chi connectivity index (χ2n) is 9.21. The number of hydrogen-bond donors (Lipinski definition) is 2. The van der Waals surface area contributed by atoms with Crippen LogP contribution < -0.4 is 16.4 Å². The Bertz CT molecular complexity index is 1100. The van der Waals surface area contributed by atoms with Crippen LogP contribution in [0.5, 0.6) is 0 Å². The maximum absolute atomic E-state index is 14.1. The van der Waals surface area contributed by atoms with Crippen LogP contribution in [-0.2, 0) is 6.54 Å². The molecule has 7 heteroatoms. The normalized spacial score (nSPS) is 12.9. The molecule has 0 spiro atoms. The number of nitrogens with two attached hydrogens (primary N) is 1. The van der Waals surface area contributed by atoms with Crippen LogP contribution in [0.15, 0.2) is 47.5 Å². The molecule has 0 amide bonds. The van der Waals surface area contributed by atoms with Crippen LogP contribution in [0.4, 0.5) is 10.2 Å². The molecule has 0 aliphatic carbocycles. The van der Waals surface area contributed by atoms with Gasteiger partial charge in [-0.3, -0.25) is 0 Å². The third-order valence-electron chi connectivity index (χ3n) is 5.71. The lowest BCUT2D eigenvalue weighted by Crippen LogP contribution is -2.19. The maximum atomic E-state index is 14.1. The van der Waals surface area contributed by atoms with Gasteiger partial charge in [0.15, 0.2) is 5.82 Å². The summed E-state index contributed by atoms with van der Waals surface area (Å²) in [5.41, 5.74) is 10.5. The molecule has 4 nitrogen and oxygen atoms in total. The van der Waals surface area contributed by atoms with Crippen LogP contribution in [0.3, 0.4) is 0 Å². The van der Waals surface area contributed by atoms with Gasteiger partial charge in [-0.15, -0.1) is 9.24 Å². The van der Waals surface area contributed by atoms with E-state index in [0.29, 0.717) is 40.3 Å². The molecule has 1 atom stereocenters. The van der Waals surface area contributed by atoms with Gasteiger partial charge in [-0.2, -0.15) is 0 Å². The molecule has 2 rings (SSSR count). The van der Waals surface area contributed by atoms with Crippen LogP contribution in [0.2, 0.25) is 0 Å². The molecule has 0 aliphatic heterocycles. The van der Waals surface area contributed by atoms with Crippen molar-refractivity contribution in [1.82, 2.24) is 15.3 Å². The van der Waals surface area contributed by atoms with E-state index in [0.717, 1.165) is 22.9 Å². The first-order chi connectivity index (χ1) is 15.8. The van der Waals surface area contributed by atoms with E-state index in [2.05, 4.69) is 72.0 Å². The van der Waals surface area contributed by atoms with Crippen molar-refractivity contribution in [3.63, 3.8) is 0 Å². The molecule has 2 aromatic rings. The fourth-order valence-electron chi connectivity index (χ4n) is 3.27. The minimum Gasteiger partial charge on any atom is -0.384 e. The first-order valence-corrected chi connectivity index (χ1v) is 13.0. The Morgan fingerprint density at radius 2 is 2.00 bits per heavy atom. The van der Waals surface area contributed by atoms with Crippen LogP contribution in [0.25, 0.3) is 16.3 Å². The van der Waals surface area contributed by atoms with Crippen molar-refractivity contribution >= 4 is 37.0 Å². The van der Waals surface area contributed by atoms with Gasteiger partial charge in [0.25, 0.3) is 0 Å². The van der Waals surface area contributed by atoms with Crippen molar-refractivity contribution < 1.29 is 4.39 Å². The zero-order valence-corrected chi connectivity index (χ0v) is 23.4. The summed E-state index contributed by atoms with van der Waals surface area (Å²) < 4.78 is 14.1. The van der Waals surface area contributed by atoms with Crippen molar-refractivity contribution in [3.8, 4) is 11.4 Å². The Labute approximate surface area is 211 Å². The van der Waals surface area contributed by atoms with Crippen molar-refractivity contribution in [1.29, 1.82) is 0 Å². The molecular formula is C27H38FN4PS. The lowest BCUT2D eigenvalue weighted by Gasteiger charge is -2.18. The van der Waals surface area contributed by atoms with Crippen LogP contribution in [0.1, 0.15) is 64.8 Å². The molecule has 1 aromatic heterocycles. The topological polar surface area (TPSA) is 63.8 Å². The highest BCUT2D eigenvalue weighted by atomic mass is 32.2. The predicted octanol–water partition coefficient (Wildman–Crippen LogP) is 6.93. The zero-order chi connectivity index (χ0) is 25.6. The summed E-state index contributed by atoms with van der Waals surface area (Å²) in [5, 5.41) is 6.36. The van der Waals surface area contributed by atoms with Crippen molar-refractivity contribution in [2.75, 3.05) is 5.73 Å². The number of rotatable bonds is 10. The molecule has 184 valence electrons. The Balaban J connectivity index is 2.40. The maximum Gasteiger partial charge on any atom is 0.163 e. The Morgan fingerprint density at radius 3 is 2.59 bits per heavy atom. The smallest absolute Gasteiger partial charge is 0.163 e. The summed E-state index contributed by atoms with van der Waals surface area (Å²) in [6.45, 7) is 18.3. The Morgan fingerprint density at radius 1 is 1.32 bits per heavy atom. The fraction of sp³-hybridized carbons (Fsp3) is 0.407. The second kappa shape index (κ2) is 12.0. The van der Waals surface area contributed by atoms with Crippen LogP contribution >= 0.6 is 21.0 Å². The minimum atomic E-state index is -1.38. The van der Waals surface area contributed by atoms with Crippen LogP contribution in [-0.4, -0.2) is 15.6 Å². The summed E-state index contributed by atoms with van der Waals surface area (Å²) in [5.74, 6) is 1.36. The van der Waals surface area contributed by atoms with E-state index in [1.54, 1.807) is 18.4 Å². The molecule has 0 saturated heterocycles. The van der Waals surface area contributed by atoms with Crippen LogP contribution in [0, 0.1) is 12.8 Å². The largest absolute Gasteiger partial charge is 0.384 e. The number of nitrogen functional groups attached to an aromatic ring is 1. The van der Waals surface area contributed by atoms with Gasteiger partial charge in [-0.25, -0.2) is 14.4 Å². The number of anilines is 1. The number of halogens is 1. The number of thioether (sulfide) groups is 1. The molecule has 1 aromatic carbocycles. The van der Waals surface area contributed by atoms with Gasteiger partial charge in [0, 0.05) is 28.8 Å². The number of alkyl halides is 1. The van der Waals surface area contributed by atoms with Crippen molar-refractivity contribution in [2.45, 2.75) is 67.1 Å². The molecule has 0 bridgehead atoms. The molecule has 1 unspecified atom stereocenters. The van der Waals surface area contributed by atoms with E-state index in [4.69, 9.17) is 10.7 Å². The van der Waals surface area contributed by atoms with E-state index in [-0.39, 0.29) is 0 Å². The van der Waals surface area contributed by atoms with E-state index in [9.17, 15) is 4.39 Å². The number of aromatic nitrogens is 2. The van der Waals surface area contributed by atoms with E-state index in [1.165, 1.54) is 36.9 Å². The van der Waals surface area contributed by atoms with Gasteiger partial charge < -0.3 is 11.1 Å². The highest BCUT2D eigenvalue weighted by Gasteiger charge is 2.19. The number of hydrogen-bond acceptors (Lipinski definition) is 5. The van der Waals surface area contributed by atoms with Crippen molar-refractivity contribution in [3.05, 3.63) is 64.4 Å².